The standard InChI is InChI=1S/C17H26O2/c1-6-7-12(2)18-15-10-8-14(9-11-15)16-17(4,5)13(3)19-16/h8-13,16H,6-7H2,1-5H3. The van der Waals surface area contributed by atoms with E-state index in [1.807, 2.05) is 0 Å². The lowest BCUT2D eigenvalue weighted by atomic mass is 9.73. The molecule has 1 heterocycles. The number of ether oxygens (including phenoxy) is 2. The van der Waals surface area contributed by atoms with Crippen LogP contribution in [0.1, 0.15) is 59.1 Å². The van der Waals surface area contributed by atoms with Crippen LogP contribution >= 0.6 is 0 Å². The summed E-state index contributed by atoms with van der Waals surface area (Å²) < 4.78 is 11.7. The molecule has 1 aromatic carbocycles. The van der Waals surface area contributed by atoms with E-state index in [2.05, 4.69) is 58.9 Å². The first kappa shape index (κ1) is 14.4. The van der Waals surface area contributed by atoms with Crippen LogP contribution in [0, 0.1) is 5.41 Å². The third kappa shape index (κ3) is 2.94. The van der Waals surface area contributed by atoms with E-state index in [1.54, 1.807) is 0 Å². The second-order valence-corrected chi connectivity index (χ2v) is 6.27. The lowest BCUT2D eigenvalue weighted by Crippen LogP contribution is -2.48. The van der Waals surface area contributed by atoms with Gasteiger partial charge in [-0.25, -0.2) is 0 Å². The van der Waals surface area contributed by atoms with Crippen molar-refractivity contribution in [2.45, 2.75) is 65.8 Å². The molecule has 0 radical (unpaired) electrons. The lowest BCUT2D eigenvalue weighted by Gasteiger charge is -2.50. The normalized spacial score (nSPS) is 26.6. The number of rotatable bonds is 5. The van der Waals surface area contributed by atoms with Gasteiger partial charge in [0.25, 0.3) is 0 Å². The Hall–Kier alpha value is -1.02. The van der Waals surface area contributed by atoms with Crippen molar-refractivity contribution in [3.8, 4) is 5.75 Å². The molecular formula is C17H26O2. The van der Waals surface area contributed by atoms with Gasteiger partial charge in [0.1, 0.15) is 5.75 Å². The molecule has 3 unspecified atom stereocenters. The Morgan fingerprint density at radius 2 is 1.89 bits per heavy atom. The topological polar surface area (TPSA) is 18.5 Å². The van der Waals surface area contributed by atoms with Gasteiger partial charge in [0.05, 0.1) is 18.3 Å². The third-order valence-corrected chi connectivity index (χ3v) is 4.28. The van der Waals surface area contributed by atoms with Gasteiger partial charge < -0.3 is 9.47 Å². The molecule has 0 saturated carbocycles. The zero-order valence-electron chi connectivity index (χ0n) is 12.8. The summed E-state index contributed by atoms with van der Waals surface area (Å²) in [5.74, 6) is 0.954. The summed E-state index contributed by atoms with van der Waals surface area (Å²) in [6, 6.07) is 8.38. The second-order valence-electron chi connectivity index (χ2n) is 6.27. The van der Waals surface area contributed by atoms with Gasteiger partial charge in [0.15, 0.2) is 0 Å². The number of hydrogen-bond acceptors (Lipinski definition) is 2. The lowest BCUT2D eigenvalue weighted by molar-refractivity contribution is -0.230. The largest absolute Gasteiger partial charge is 0.491 e. The van der Waals surface area contributed by atoms with E-state index < -0.39 is 0 Å². The van der Waals surface area contributed by atoms with Gasteiger partial charge in [0, 0.05) is 5.41 Å². The zero-order chi connectivity index (χ0) is 14.0. The van der Waals surface area contributed by atoms with E-state index in [9.17, 15) is 0 Å². The number of hydrogen-bond donors (Lipinski definition) is 0. The molecule has 2 rings (SSSR count). The minimum atomic E-state index is 0.213. The quantitative estimate of drug-likeness (QED) is 0.763. The van der Waals surface area contributed by atoms with Crippen LogP contribution in [-0.2, 0) is 4.74 Å². The van der Waals surface area contributed by atoms with Crippen LogP contribution in [0.5, 0.6) is 5.75 Å². The zero-order valence-corrected chi connectivity index (χ0v) is 12.8. The van der Waals surface area contributed by atoms with Crippen molar-refractivity contribution in [2.24, 2.45) is 5.41 Å². The average molecular weight is 262 g/mol. The summed E-state index contributed by atoms with van der Waals surface area (Å²) in [4.78, 5) is 0. The van der Waals surface area contributed by atoms with E-state index >= 15 is 0 Å². The van der Waals surface area contributed by atoms with Gasteiger partial charge >= 0.3 is 0 Å². The molecule has 1 aliphatic heterocycles. The first-order valence-corrected chi connectivity index (χ1v) is 7.37. The highest BCUT2D eigenvalue weighted by molar-refractivity contribution is 5.31. The highest BCUT2D eigenvalue weighted by atomic mass is 16.5. The smallest absolute Gasteiger partial charge is 0.119 e. The summed E-state index contributed by atoms with van der Waals surface area (Å²) in [5.41, 5.74) is 1.47. The van der Waals surface area contributed by atoms with Crippen LogP contribution in [0.15, 0.2) is 24.3 Å². The van der Waals surface area contributed by atoms with Gasteiger partial charge in [0.2, 0.25) is 0 Å². The summed E-state index contributed by atoms with van der Waals surface area (Å²) >= 11 is 0. The maximum Gasteiger partial charge on any atom is 0.119 e. The van der Waals surface area contributed by atoms with Gasteiger partial charge in [-0.15, -0.1) is 0 Å². The van der Waals surface area contributed by atoms with Crippen molar-refractivity contribution in [3.05, 3.63) is 29.8 Å². The molecule has 1 aromatic rings. The maximum absolute atomic E-state index is 5.87. The van der Waals surface area contributed by atoms with Gasteiger partial charge in [-0.05, 0) is 38.0 Å². The minimum Gasteiger partial charge on any atom is -0.491 e. The fourth-order valence-corrected chi connectivity index (χ4v) is 2.62. The monoisotopic (exact) mass is 262 g/mol. The minimum absolute atomic E-state index is 0.213. The average Bonchev–Trinajstić information content (AvgIpc) is 2.37. The van der Waals surface area contributed by atoms with Crippen molar-refractivity contribution < 1.29 is 9.47 Å². The fourth-order valence-electron chi connectivity index (χ4n) is 2.62. The van der Waals surface area contributed by atoms with Gasteiger partial charge in [-0.1, -0.05) is 39.3 Å². The molecule has 0 spiro atoms. The molecular weight excluding hydrogens is 236 g/mol. The third-order valence-electron chi connectivity index (χ3n) is 4.28. The Kier molecular flexibility index (Phi) is 4.19. The van der Waals surface area contributed by atoms with Gasteiger partial charge in [-0.3, -0.25) is 0 Å². The molecule has 1 fully saturated rings. The maximum atomic E-state index is 5.87. The SMILES string of the molecule is CCCC(C)Oc1ccc(C2OC(C)C2(C)C)cc1. The van der Waals surface area contributed by atoms with E-state index in [1.165, 1.54) is 5.56 Å². The Labute approximate surface area is 117 Å². The van der Waals surface area contributed by atoms with Crippen molar-refractivity contribution in [3.63, 3.8) is 0 Å². The Balaban J connectivity index is 1.99. The molecule has 0 aliphatic carbocycles. The van der Waals surface area contributed by atoms with Crippen molar-refractivity contribution in [1.82, 2.24) is 0 Å². The predicted molar refractivity (Wildman–Crippen MR) is 78.5 cm³/mol. The molecule has 1 aliphatic rings. The molecule has 0 N–H and O–H groups in total. The second kappa shape index (κ2) is 5.54. The highest BCUT2D eigenvalue weighted by Crippen LogP contribution is 2.50. The van der Waals surface area contributed by atoms with Crippen LogP contribution in [0.2, 0.25) is 0 Å². The van der Waals surface area contributed by atoms with E-state index in [4.69, 9.17) is 9.47 Å². The van der Waals surface area contributed by atoms with Crippen LogP contribution in [0.25, 0.3) is 0 Å². The van der Waals surface area contributed by atoms with Crippen molar-refractivity contribution >= 4 is 0 Å². The summed E-state index contributed by atoms with van der Waals surface area (Å²) in [5, 5.41) is 0. The Morgan fingerprint density at radius 3 is 2.37 bits per heavy atom. The predicted octanol–water partition coefficient (Wildman–Crippen LogP) is 4.74. The van der Waals surface area contributed by atoms with Crippen LogP contribution in [0.3, 0.4) is 0 Å². The summed E-state index contributed by atoms with van der Waals surface area (Å²) in [6.45, 7) is 11.0. The first-order valence-electron chi connectivity index (χ1n) is 7.37. The van der Waals surface area contributed by atoms with Crippen LogP contribution < -0.4 is 4.74 Å². The molecule has 19 heavy (non-hydrogen) atoms. The molecule has 2 heteroatoms. The molecule has 106 valence electrons. The molecule has 0 amide bonds. The number of benzene rings is 1. The van der Waals surface area contributed by atoms with Gasteiger partial charge in [-0.2, -0.15) is 0 Å². The van der Waals surface area contributed by atoms with E-state index in [0.717, 1.165) is 18.6 Å². The van der Waals surface area contributed by atoms with Crippen molar-refractivity contribution in [2.75, 3.05) is 0 Å². The fraction of sp³-hybridized carbons (Fsp3) is 0.647. The highest BCUT2D eigenvalue weighted by Gasteiger charge is 2.47. The molecule has 2 nitrogen and oxygen atoms in total. The van der Waals surface area contributed by atoms with E-state index in [-0.39, 0.29) is 17.6 Å². The molecule has 0 aromatic heterocycles. The Morgan fingerprint density at radius 1 is 1.26 bits per heavy atom. The van der Waals surface area contributed by atoms with Crippen LogP contribution in [0.4, 0.5) is 0 Å². The summed E-state index contributed by atoms with van der Waals surface area (Å²) in [6.07, 6.45) is 3.08. The first-order chi connectivity index (χ1) is 8.95. The Bertz CT molecular complexity index is 408. The summed E-state index contributed by atoms with van der Waals surface area (Å²) in [7, 11) is 0. The van der Waals surface area contributed by atoms with Crippen LogP contribution in [-0.4, -0.2) is 12.2 Å². The van der Waals surface area contributed by atoms with Crippen molar-refractivity contribution in [1.29, 1.82) is 0 Å². The van der Waals surface area contributed by atoms with E-state index in [0.29, 0.717) is 6.10 Å². The molecule has 3 atom stereocenters. The molecule has 0 bridgehead atoms. The molecule has 1 saturated heterocycles.